The van der Waals surface area contributed by atoms with Gasteiger partial charge in [-0.05, 0) is 0 Å². The molecule has 2 nitrogen and oxygen atoms in total. The van der Waals surface area contributed by atoms with Gasteiger partial charge in [0, 0.05) is 5.88 Å². The second kappa shape index (κ2) is 6.17. The quantitative estimate of drug-likeness (QED) is 0.382. The Morgan fingerprint density at radius 2 is 2.25 bits per heavy atom. The van der Waals surface area contributed by atoms with Crippen LogP contribution in [0.5, 0.6) is 0 Å². The van der Waals surface area contributed by atoms with Crippen molar-refractivity contribution in [3.05, 3.63) is 0 Å². The molecule has 0 aliphatic heterocycles. The molecule has 0 heterocycles. The van der Waals surface area contributed by atoms with E-state index in [0.29, 0.717) is 0 Å². The van der Waals surface area contributed by atoms with E-state index in [2.05, 4.69) is 0 Å². The maximum atomic E-state index is 9.71. The molecule has 0 aliphatic carbocycles. The van der Waals surface area contributed by atoms with Gasteiger partial charge in [-0.3, -0.25) is 4.79 Å². The Kier molecular flexibility index (Phi) is 9.11. The molecule has 0 aromatic rings. The third-order valence-electron chi connectivity index (χ3n) is 0.403. The van der Waals surface area contributed by atoms with Crippen molar-refractivity contribution in [2.45, 2.75) is 5.38 Å². The summed E-state index contributed by atoms with van der Waals surface area (Å²) < 4.78 is 0. The average Bonchev–Trinajstić information content (AvgIpc) is 1.65. The number of aliphatic carboxylic acids is 1. The topological polar surface area (TPSA) is 37.3 Å². The molecule has 0 aromatic carbocycles. The van der Waals surface area contributed by atoms with E-state index in [1.807, 2.05) is 0 Å². The standard InChI is InChI=1S/C3H4Cl2O2.Na.H/c4-1-2(5)3(6)7;;/h2H,1H2,(H,6,7);;/q;+1;-1. The van der Waals surface area contributed by atoms with Crippen LogP contribution in [0.1, 0.15) is 1.43 Å². The Balaban J connectivity index is -0.000000180. The monoisotopic (exact) mass is 166 g/mol. The third kappa shape index (κ3) is 5.19. The maximum Gasteiger partial charge on any atom is 1.00 e. The second-order valence-electron chi connectivity index (χ2n) is 0.960. The molecule has 1 atom stereocenters. The molecule has 0 saturated carbocycles. The molecule has 1 unspecified atom stereocenters. The first-order valence-electron chi connectivity index (χ1n) is 1.61. The minimum Gasteiger partial charge on any atom is -1.00 e. The molecular weight excluding hydrogens is 162 g/mol. The average molecular weight is 167 g/mol. The van der Waals surface area contributed by atoms with Crippen molar-refractivity contribution < 1.29 is 40.9 Å². The fourth-order valence-corrected chi connectivity index (χ4v) is 0.198. The summed E-state index contributed by atoms with van der Waals surface area (Å²) in [6.45, 7) is 0. The van der Waals surface area contributed by atoms with Crippen molar-refractivity contribution in [1.82, 2.24) is 0 Å². The smallest absolute Gasteiger partial charge is 1.00 e. The van der Waals surface area contributed by atoms with Crippen molar-refractivity contribution in [3.63, 3.8) is 0 Å². The van der Waals surface area contributed by atoms with Crippen LogP contribution in [0.25, 0.3) is 0 Å². The molecule has 0 saturated heterocycles. The fourth-order valence-electron chi connectivity index (χ4n) is 0.0660. The Bertz CT molecular complexity index is 82.2. The number of hydrogen-bond donors (Lipinski definition) is 1. The zero-order chi connectivity index (χ0) is 5.86. The number of carbonyl (C=O) groups is 1. The van der Waals surface area contributed by atoms with E-state index < -0.39 is 11.3 Å². The molecule has 0 bridgehead atoms. The summed E-state index contributed by atoms with van der Waals surface area (Å²) in [5.41, 5.74) is 0. The molecule has 0 radical (unpaired) electrons. The Labute approximate surface area is 80.9 Å². The van der Waals surface area contributed by atoms with E-state index in [-0.39, 0.29) is 36.9 Å². The van der Waals surface area contributed by atoms with Crippen molar-refractivity contribution >= 4 is 29.2 Å². The molecule has 0 aliphatic rings. The van der Waals surface area contributed by atoms with E-state index >= 15 is 0 Å². The van der Waals surface area contributed by atoms with Gasteiger partial charge in [0.2, 0.25) is 0 Å². The summed E-state index contributed by atoms with van der Waals surface area (Å²) in [5, 5.41) is 7.02. The summed E-state index contributed by atoms with van der Waals surface area (Å²) in [4.78, 5) is 9.71. The largest absolute Gasteiger partial charge is 1.00 e. The van der Waals surface area contributed by atoms with Crippen LogP contribution in [0.15, 0.2) is 0 Å². The fraction of sp³-hybridized carbons (Fsp3) is 0.667. The predicted octanol–water partition coefficient (Wildman–Crippen LogP) is -1.97. The summed E-state index contributed by atoms with van der Waals surface area (Å²) in [6, 6.07) is 0. The van der Waals surface area contributed by atoms with Crippen LogP contribution in [0.3, 0.4) is 0 Å². The number of carboxylic acids is 1. The van der Waals surface area contributed by atoms with Crippen LogP contribution in [0.2, 0.25) is 0 Å². The van der Waals surface area contributed by atoms with Gasteiger partial charge in [-0.25, -0.2) is 0 Å². The van der Waals surface area contributed by atoms with Crippen LogP contribution >= 0.6 is 23.2 Å². The van der Waals surface area contributed by atoms with Crippen LogP contribution < -0.4 is 29.6 Å². The zero-order valence-electron chi connectivity index (χ0n) is 5.40. The molecule has 5 heteroatoms. The van der Waals surface area contributed by atoms with E-state index in [4.69, 9.17) is 28.3 Å². The third-order valence-corrected chi connectivity index (χ3v) is 1.21. The van der Waals surface area contributed by atoms with E-state index in [9.17, 15) is 4.79 Å². The van der Waals surface area contributed by atoms with Crippen LogP contribution in [-0.4, -0.2) is 22.3 Å². The van der Waals surface area contributed by atoms with E-state index in [1.165, 1.54) is 0 Å². The molecule has 0 fully saturated rings. The minimum atomic E-state index is -1.07. The first-order valence-corrected chi connectivity index (χ1v) is 2.58. The Morgan fingerprint density at radius 1 is 1.88 bits per heavy atom. The Morgan fingerprint density at radius 3 is 2.25 bits per heavy atom. The summed E-state index contributed by atoms with van der Waals surface area (Å²) in [7, 11) is 0. The molecule has 0 aromatic heterocycles. The van der Waals surface area contributed by atoms with Gasteiger partial charge in [0.25, 0.3) is 0 Å². The molecule has 1 N–H and O–H groups in total. The van der Waals surface area contributed by atoms with Crippen LogP contribution in [-0.2, 0) is 4.79 Å². The molecule has 0 spiro atoms. The van der Waals surface area contributed by atoms with Gasteiger partial charge in [-0.2, -0.15) is 0 Å². The van der Waals surface area contributed by atoms with Gasteiger partial charge in [0.15, 0.2) is 0 Å². The van der Waals surface area contributed by atoms with Gasteiger partial charge in [0.1, 0.15) is 5.38 Å². The number of alkyl halides is 2. The van der Waals surface area contributed by atoms with E-state index in [1.54, 1.807) is 0 Å². The summed E-state index contributed by atoms with van der Waals surface area (Å²) >= 11 is 10.1. The Hall–Kier alpha value is 1.05. The summed E-state index contributed by atoms with van der Waals surface area (Å²) in [6.07, 6.45) is 0. The van der Waals surface area contributed by atoms with Crippen molar-refractivity contribution in [2.24, 2.45) is 0 Å². The number of hydrogen-bond acceptors (Lipinski definition) is 1. The maximum absolute atomic E-state index is 9.71. The van der Waals surface area contributed by atoms with Gasteiger partial charge in [-0.15, -0.1) is 23.2 Å². The number of carboxylic acid groups (broad SMARTS) is 1. The van der Waals surface area contributed by atoms with E-state index in [0.717, 1.165) is 0 Å². The van der Waals surface area contributed by atoms with Gasteiger partial charge < -0.3 is 6.53 Å². The predicted molar refractivity (Wildman–Crippen MR) is 29.1 cm³/mol. The zero-order valence-corrected chi connectivity index (χ0v) is 7.91. The van der Waals surface area contributed by atoms with Gasteiger partial charge >= 0.3 is 35.5 Å². The molecule has 0 amide bonds. The normalized spacial score (nSPS) is 11.8. The number of halogens is 2. The van der Waals surface area contributed by atoms with Crippen molar-refractivity contribution in [2.75, 3.05) is 5.88 Å². The summed E-state index contributed by atoms with van der Waals surface area (Å²) in [5.74, 6) is -1.12. The molecule has 0 rings (SSSR count). The second-order valence-corrected chi connectivity index (χ2v) is 1.80. The molecule has 8 heavy (non-hydrogen) atoms. The minimum absolute atomic E-state index is 0. The molecule has 44 valence electrons. The van der Waals surface area contributed by atoms with Crippen LogP contribution in [0, 0.1) is 0 Å². The van der Waals surface area contributed by atoms with Crippen molar-refractivity contribution in [3.8, 4) is 0 Å². The number of rotatable bonds is 2. The first-order chi connectivity index (χ1) is 3.18. The SMILES string of the molecule is O=C(O)C(Cl)CCl.[H-].[Na+]. The first kappa shape index (κ1) is 11.8. The van der Waals surface area contributed by atoms with Crippen molar-refractivity contribution in [1.29, 1.82) is 0 Å². The molecular formula is C3H5Cl2NaO2. The van der Waals surface area contributed by atoms with Gasteiger partial charge in [0.05, 0.1) is 0 Å². The van der Waals surface area contributed by atoms with Crippen LogP contribution in [0.4, 0.5) is 0 Å². The van der Waals surface area contributed by atoms with Gasteiger partial charge in [-0.1, -0.05) is 0 Å².